The van der Waals surface area contributed by atoms with Crippen molar-refractivity contribution >= 4 is 17.5 Å². The molecule has 2 aliphatic rings. The van der Waals surface area contributed by atoms with E-state index < -0.39 is 11.1 Å². The van der Waals surface area contributed by atoms with Gasteiger partial charge in [0.05, 0.1) is 12.0 Å². The van der Waals surface area contributed by atoms with E-state index in [1.165, 1.54) is 0 Å². The van der Waals surface area contributed by atoms with E-state index in [1.54, 1.807) is 0 Å². The summed E-state index contributed by atoms with van der Waals surface area (Å²) in [5.41, 5.74) is 0.294. The highest BCUT2D eigenvalue weighted by Crippen LogP contribution is 2.40. The first kappa shape index (κ1) is 22.3. The average Bonchev–Trinajstić information content (AvgIpc) is 2.72. The number of hydrogen-bond acceptors (Lipinski definition) is 2. The zero-order chi connectivity index (χ0) is 20.9. The summed E-state index contributed by atoms with van der Waals surface area (Å²) in [6, 6.07) is 7.60. The minimum atomic E-state index is -1.31. The van der Waals surface area contributed by atoms with Gasteiger partial charge in [-0.2, -0.15) is 0 Å². The molecule has 0 atom stereocenters. The van der Waals surface area contributed by atoms with Crippen LogP contribution in [0.25, 0.3) is 0 Å². The van der Waals surface area contributed by atoms with Crippen LogP contribution >= 0.6 is 11.6 Å². The molecule has 3 rings (SSSR count). The number of hydrogen-bond donors (Lipinski definition) is 1. The molecule has 29 heavy (non-hydrogen) atoms. The second-order valence-electron chi connectivity index (χ2n) is 9.03. The highest BCUT2D eigenvalue weighted by atomic mass is 35.5. The zero-order valence-electron chi connectivity index (χ0n) is 17.6. The van der Waals surface area contributed by atoms with Gasteiger partial charge in [-0.1, -0.05) is 48.6 Å². The van der Waals surface area contributed by atoms with Crippen molar-refractivity contribution in [2.24, 2.45) is 0 Å². The Kier molecular flexibility index (Phi) is 7.39. The molecule has 1 saturated carbocycles. The first-order valence-corrected chi connectivity index (χ1v) is 11.3. The van der Waals surface area contributed by atoms with Gasteiger partial charge in [0.25, 0.3) is 0 Å². The van der Waals surface area contributed by atoms with Gasteiger partial charge >= 0.3 is 0 Å². The Morgan fingerprint density at radius 1 is 1.14 bits per heavy atom. The smallest absolute Gasteiger partial charge is 0.230 e. The molecule has 0 radical (unpaired) electrons. The molecule has 0 bridgehead atoms. The van der Waals surface area contributed by atoms with Crippen LogP contribution in [0.3, 0.4) is 0 Å². The van der Waals surface area contributed by atoms with E-state index in [-0.39, 0.29) is 12.5 Å². The predicted octanol–water partition coefficient (Wildman–Crippen LogP) is 5.43. The lowest BCUT2D eigenvalue weighted by Crippen LogP contribution is -2.52. The molecule has 1 N–H and O–H groups in total. The first-order valence-electron chi connectivity index (χ1n) is 10.9. The number of rotatable bonds is 7. The van der Waals surface area contributed by atoms with E-state index in [0.29, 0.717) is 17.9 Å². The average molecular weight is 421 g/mol. The molecule has 1 aliphatic heterocycles. The van der Waals surface area contributed by atoms with Gasteiger partial charge in [-0.15, -0.1) is 6.58 Å². The van der Waals surface area contributed by atoms with E-state index in [9.17, 15) is 4.79 Å². The van der Waals surface area contributed by atoms with Crippen molar-refractivity contribution < 1.29 is 9.18 Å². The molecule has 1 saturated heterocycles. The number of carbonyl (C=O) groups is 1. The van der Waals surface area contributed by atoms with Crippen molar-refractivity contribution in [1.29, 1.82) is 0 Å². The second kappa shape index (κ2) is 9.61. The number of amides is 1. The summed E-state index contributed by atoms with van der Waals surface area (Å²) >= 11 is 6.05. The number of carbonyl (C=O) groups excluding carboxylic acids is 1. The van der Waals surface area contributed by atoms with Crippen molar-refractivity contribution in [3.8, 4) is 0 Å². The van der Waals surface area contributed by atoms with Gasteiger partial charge in [-0.05, 0) is 56.7 Å². The highest BCUT2D eigenvalue weighted by molar-refractivity contribution is 6.30. The molecular formula is C24H34ClFN2O. The van der Waals surface area contributed by atoms with Crippen molar-refractivity contribution in [3.63, 3.8) is 0 Å². The van der Waals surface area contributed by atoms with Crippen LogP contribution in [0.1, 0.15) is 63.9 Å². The van der Waals surface area contributed by atoms with E-state index in [2.05, 4.69) is 16.8 Å². The fourth-order valence-electron chi connectivity index (χ4n) is 4.68. The summed E-state index contributed by atoms with van der Waals surface area (Å²) in [5, 5.41) is 3.67. The van der Waals surface area contributed by atoms with Crippen molar-refractivity contribution in [2.75, 3.05) is 26.2 Å². The minimum Gasteiger partial charge on any atom is -0.352 e. The SMILES string of the molecule is C=C(C)CCN1CCC(F)(CNC(=O)C2(c3ccc(Cl)cc3)CCCCC2)CC1. The topological polar surface area (TPSA) is 32.3 Å². The van der Waals surface area contributed by atoms with Crippen molar-refractivity contribution in [3.05, 3.63) is 47.0 Å². The lowest BCUT2D eigenvalue weighted by Gasteiger charge is -2.39. The van der Waals surface area contributed by atoms with E-state index >= 15 is 4.39 Å². The maximum atomic E-state index is 15.4. The van der Waals surface area contributed by atoms with Gasteiger partial charge in [0.2, 0.25) is 5.91 Å². The number of benzene rings is 1. The third-order valence-electron chi connectivity index (χ3n) is 6.71. The fourth-order valence-corrected chi connectivity index (χ4v) is 4.81. The van der Waals surface area contributed by atoms with E-state index in [0.717, 1.165) is 69.3 Å². The third kappa shape index (κ3) is 5.61. The van der Waals surface area contributed by atoms with Crippen LogP contribution in [-0.2, 0) is 10.2 Å². The summed E-state index contributed by atoms with van der Waals surface area (Å²) < 4.78 is 15.4. The molecule has 160 valence electrons. The first-order chi connectivity index (χ1) is 13.8. The van der Waals surface area contributed by atoms with E-state index in [4.69, 9.17) is 11.6 Å². The lowest BCUT2D eigenvalue weighted by atomic mass is 9.68. The zero-order valence-corrected chi connectivity index (χ0v) is 18.4. The molecule has 0 spiro atoms. The summed E-state index contributed by atoms with van der Waals surface area (Å²) in [6.45, 7) is 8.50. The molecule has 1 aromatic carbocycles. The Hall–Kier alpha value is -1.39. The van der Waals surface area contributed by atoms with Crippen LogP contribution in [-0.4, -0.2) is 42.7 Å². The summed E-state index contributed by atoms with van der Waals surface area (Å²) in [5.74, 6) is -0.0266. The number of piperidine rings is 1. The normalized spacial score (nSPS) is 21.5. The molecule has 1 aliphatic carbocycles. The van der Waals surface area contributed by atoms with Crippen molar-refractivity contribution in [1.82, 2.24) is 10.2 Å². The van der Waals surface area contributed by atoms with Crippen LogP contribution in [0, 0.1) is 0 Å². The summed E-state index contributed by atoms with van der Waals surface area (Å²) in [4.78, 5) is 15.6. The predicted molar refractivity (Wildman–Crippen MR) is 118 cm³/mol. The lowest BCUT2D eigenvalue weighted by molar-refractivity contribution is -0.129. The third-order valence-corrected chi connectivity index (χ3v) is 6.96. The van der Waals surface area contributed by atoms with Gasteiger partial charge < -0.3 is 10.2 Å². The Labute approximate surface area is 179 Å². The molecule has 0 aromatic heterocycles. The van der Waals surface area contributed by atoms with Gasteiger partial charge in [0, 0.05) is 24.7 Å². The number of halogens is 2. The van der Waals surface area contributed by atoms with Crippen LogP contribution in [0.15, 0.2) is 36.4 Å². The Bertz CT molecular complexity index is 704. The highest BCUT2D eigenvalue weighted by Gasteiger charge is 2.42. The van der Waals surface area contributed by atoms with Crippen molar-refractivity contribution in [2.45, 2.75) is 69.4 Å². The minimum absolute atomic E-state index is 0.0266. The van der Waals surface area contributed by atoms with Gasteiger partial charge in [0.1, 0.15) is 5.67 Å². The fraction of sp³-hybridized carbons (Fsp3) is 0.625. The number of likely N-dealkylation sites (tertiary alicyclic amines) is 1. The summed E-state index contributed by atoms with van der Waals surface area (Å²) in [6.07, 6.45) is 6.72. The van der Waals surface area contributed by atoms with Gasteiger partial charge in [-0.25, -0.2) is 4.39 Å². The van der Waals surface area contributed by atoms with Crippen LogP contribution in [0.5, 0.6) is 0 Å². The maximum Gasteiger partial charge on any atom is 0.230 e. The maximum absolute atomic E-state index is 15.4. The van der Waals surface area contributed by atoms with Gasteiger partial charge in [0.15, 0.2) is 0 Å². The monoisotopic (exact) mass is 420 g/mol. The molecule has 1 heterocycles. The molecule has 5 heteroatoms. The van der Waals surface area contributed by atoms with Crippen LogP contribution in [0.2, 0.25) is 5.02 Å². The molecular weight excluding hydrogens is 387 g/mol. The Balaban J connectivity index is 1.60. The molecule has 1 aromatic rings. The van der Waals surface area contributed by atoms with Gasteiger partial charge in [-0.3, -0.25) is 4.79 Å². The second-order valence-corrected chi connectivity index (χ2v) is 9.47. The number of alkyl halides is 1. The Morgan fingerprint density at radius 3 is 2.34 bits per heavy atom. The number of nitrogens with one attached hydrogen (secondary N) is 1. The quantitative estimate of drug-likeness (QED) is 0.596. The molecule has 3 nitrogen and oxygen atoms in total. The van der Waals surface area contributed by atoms with E-state index in [1.807, 2.05) is 31.2 Å². The standard InChI is InChI=1S/C24H34ClFN2O/c1-19(2)10-15-28-16-13-23(26,14-17-28)18-27-22(29)24(11-4-3-5-12-24)20-6-8-21(25)9-7-20/h6-9H,1,3-5,10-18H2,2H3,(H,27,29). The molecule has 1 amide bonds. The molecule has 0 unspecified atom stereocenters. The Morgan fingerprint density at radius 2 is 1.76 bits per heavy atom. The molecule has 2 fully saturated rings. The van der Waals surface area contributed by atoms with Crippen LogP contribution < -0.4 is 5.32 Å². The number of nitrogens with zero attached hydrogens (tertiary/aromatic N) is 1. The largest absolute Gasteiger partial charge is 0.352 e. The summed E-state index contributed by atoms with van der Waals surface area (Å²) in [7, 11) is 0. The van der Waals surface area contributed by atoms with Crippen LogP contribution in [0.4, 0.5) is 4.39 Å².